The van der Waals surface area contributed by atoms with Crippen LogP contribution in [0.5, 0.6) is 0 Å². The molecule has 1 amide bonds. The second kappa shape index (κ2) is 8.64. The maximum atomic E-state index is 13.1. The summed E-state index contributed by atoms with van der Waals surface area (Å²) < 4.78 is 0. The largest absolute Gasteiger partial charge is 0.480 e. The van der Waals surface area contributed by atoms with Crippen LogP contribution in [-0.2, 0) is 22.4 Å². The summed E-state index contributed by atoms with van der Waals surface area (Å²) in [7, 11) is 0. The average molecular weight is 366 g/mol. The normalized spacial score (nSPS) is 13.4. The van der Waals surface area contributed by atoms with Crippen molar-refractivity contribution in [3.63, 3.8) is 0 Å². The van der Waals surface area contributed by atoms with E-state index in [9.17, 15) is 14.7 Å². The van der Waals surface area contributed by atoms with Gasteiger partial charge in [0, 0.05) is 0 Å². The third-order valence-corrected chi connectivity index (χ3v) is 4.59. The number of aliphatic carboxylic acids is 1. The molecule has 0 unspecified atom stereocenters. The molecule has 2 aromatic rings. The van der Waals surface area contributed by atoms with Crippen LogP contribution in [-0.4, -0.2) is 28.1 Å². The van der Waals surface area contributed by atoms with Gasteiger partial charge in [-0.1, -0.05) is 66.7 Å². The molecule has 0 radical (unpaired) electrons. The molecule has 2 rings (SSSR count). The fraction of sp³-hybridized carbons (Fsp3) is 0.273. The van der Waals surface area contributed by atoms with E-state index in [4.69, 9.17) is 5.73 Å². The van der Waals surface area contributed by atoms with Crippen LogP contribution in [0, 0.1) is 0 Å². The van der Waals surface area contributed by atoms with Crippen molar-refractivity contribution < 1.29 is 14.7 Å². The van der Waals surface area contributed by atoms with E-state index in [1.54, 1.807) is 0 Å². The third kappa shape index (κ3) is 5.28. The Morgan fingerprint density at radius 2 is 1.48 bits per heavy atom. The van der Waals surface area contributed by atoms with E-state index in [1.165, 1.54) is 13.0 Å². The number of rotatable bonds is 9. The van der Waals surface area contributed by atoms with Gasteiger partial charge in [-0.15, -0.1) is 6.58 Å². The first-order chi connectivity index (χ1) is 12.8. The zero-order valence-electron chi connectivity index (χ0n) is 15.5. The summed E-state index contributed by atoms with van der Waals surface area (Å²) in [5.41, 5.74) is 5.64. The monoisotopic (exact) mass is 366 g/mol. The zero-order chi connectivity index (χ0) is 19.9. The number of hydrogen-bond donors (Lipinski definition) is 3. The Bertz CT molecular complexity index is 748. The first kappa shape index (κ1) is 20.4. The second-order valence-electron chi connectivity index (χ2n) is 7.07. The van der Waals surface area contributed by atoms with Crippen molar-refractivity contribution in [2.24, 2.45) is 5.73 Å². The van der Waals surface area contributed by atoms with Gasteiger partial charge in [0.25, 0.3) is 0 Å². The first-order valence-electron chi connectivity index (χ1n) is 8.83. The molecule has 27 heavy (non-hydrogen) atoms. The second-order valence-corrected chi connectivity index (χ2v) is 7.07. The number of carbonyl (C=O) groups is 2. The van der Waals surface area contributed by atoms with E-state index in [2.05, 4.69) is 11.9 Å². The Kier molecular flexibility index (Phi) is 6.53. The van der Waals surface area contributed by atoms with Gasteiger partial charge in [0.05, 0.1) is 0 Å². The van der Waals surface area contributed by atoms with Crippen molar-refractivity contribution in [3.8, 4) is 0 Å². The van der Waals surface area contributed by atoms with E-state index >= 15 is 0 Å². The van der Waals surface area contributed by atoms with Crippen LogP contribution >= 0.6 is 0 Å². The molecule has 0 bridgehead atoms. The quantitative estimate of drug-likeness (QED) is 0.595. The predicted octanol–water partition coefficient (Wildman–Crippen LogP) is 2.70. The molecular weight excluding hydrogens is 340 g/mol. The van der Waals surface area contributed by atoms with Crippen LogP contribution in [0.4, 0.5) is 0 Å². The minimum absolute atomic E-state index is 0.0980. The van der Waals surface area contributed by atoms with Gasteiger partial charge in [0.1, 0.15) is 11.1 Å². The number of nitrogens with two attached hydrogens (primary N) is 1. The number of carboxylic acids is 1. The lowest BCUT2D eigenvalue weighted by atomic mass is 9.83. The zero-order valence-corrected chi connectivity index (χ0v) is 15.5. The Morgan fingerprint density at radius 1 is 1.04 bits per heavy atom. The number of benzene rings is 2. The topological polar surface area (TPSA) is 92.4 Å². The van der Waals surface area contributed by atoms with Crippen molar-refractivity contribution in [1.82, 2.24) is 5.32 Å². The standard InChI is InChI=1S/C22H26N2O3/c1-3-14-21(2,20(26)27)24-19(25)22(23,15-17-10-6-4-7-11-17)16-18-12-8-5-9-13-18/h3-13H,1,14-16,23H2,2H3,(H,24,25)(H,26,27)/t21-/m0/s1. The molecule has 0 spiro atoms. The Morgan fingerprint density at radius 3 is 1.85 bits per heavy atom. The van der Waals surface area contributed by atoms with Gasteiger partial charge in [-0.3, -0.25) is 4.79 Å². The van der Waals surface area contributed by atoms with Crippen LogP contribution in [0.15, 0.2) is 73.3 Å². The van der Waals surface area contributed by atoms with E-state index in [0.717, 1.165) is 11.1 Å². The van der Waals surface area contributed by atoms with Gasteiger partial charge in [0.2, 0.25) is 5.91 Å². The van der Waals surface area contributed by atoms with Crippen molar-refractivity contribution in [1.29, 1.82) is 0 Å². The van der Waals surface area contributed by atoms with E-state index in [1.807, 2.05) is 60.7 Å². The lowest BCUT2D eigenvalue weighted by Crippen LogP contribution is -2.63. The van der Waals surface area contributed by atoms with Crippen LogP contribution in [0.1, 0.15) is 24.5 Å². The molecular formula is C22H26N2O3. The molecule has 0 aliphatic heterocycles. The molecule has 0 fully saturated rings. The van der Waals surface area contributed by atoms with E-state index in [-0.39, 0.29) is 6.42 Å². The van der Waals surface area contributed by atoms with E-state index in [0.29, 0.717) is 12.8 Å². The lowest BCUT2D eigenvalue weighted by Gasteiger charge is -2.33. The Balaban J connectivity index is 2.34. The molecule has 0 heterocycles. The Hall–Kier alpha value is -2.92. The molecule has 2 aromatic carbocycles. The molecule has 0 aliphatic carbocycles. The fourth-order valence-corrected chi connectivity index (χ4v) is 3.00. The highest BCUT2D eigenvalue weighted by Gasteiger charge is 2.41. The third-order valence-electron chi connectivity index (χ3n) is 4.59. The minimum Gasteiger partial charge on any atom is -0.480 e. The van der Waals surface area contributed by atoms with Gasteiger partial charge in [-0.05, 0) is 37.3 Å². The van der Waals surface area contributed by atoms with Gasteiger partial charge >= 0.3 is 5.97 Å². The van der Waals surface area contributed by atoms with Gasteiger partial charge < -0.3 is 16.2 Å². The summed E-state index contributed by atoms with van der Waals surface area (Å²) in [6.45, 7) is 5.05. The SMILES string of the molecule is C=CC[C@](C)(NC(=O)C(N)(Cc1ccccc1)Cc1ccccc1)C(=O)O. The smallest absolute Gasteiger partial charge is 0.329 e. The molecule has 5 nitrogen and oxygen atoms in total. The summed E-state index contributed by atoms with van der Waals surface area (Å²) in [5, 5.41) is 12.2. The molecule has 0 saturated heterocycles. The van der Waals surface area contributed by atoms with Crippen molar-refractivity contribution in [2.45, 2.75) is 37.3 Å². The van der Waals surface area contributed by atoms with E-state index < -0.39 is 23.0 Å². The average Bonchev–Trinajstić information content (AvgIpc) is 2.63. The van der Waals surface area contributed by atoms with Gasteiger partial charge in [-0.2, -0.15) is 0 Å². The molecule has 0 aromatic heterocycles. The number of hydrogen-bond acceptors (Lipinski definition) is 3. The molecule has 4 N–H and O–H groups in total. The maximum Gasteiger partial charge on any atom is 0.329 e. The molecule has 142 valence electrons. The summed E-state index contributed by atoms with van der Waals surface area (Å²) >= 11 is 0. The summed E-state index contributed by atoms with van der Waals surface area (Å²) in [5.74, 6) is -1.63. The number of carboxylic acid groups (broad SMARTS) is 1. The number of carbonyl (C=O) groups excluding carboxylic acids is 1. The van der Waals surface area contributed by atoms with Gasteiger partial charge in [0.15, 0.2) is 0 Å². The lowest BCUT2D eigenvalue weighted by molar-refractivity contribution is -0.147. The minimum atomic E-state index is -1.46. The molecule has 5 heteroatoms. The highest BCUT2D eigenvalue weighted by atomic mass is 16.4. The van der Waals surface area contributed by atoms with Gasteiger partial charge in [-0.25, -0.2) is 4.79 Å². The maximum absolute atomic E-state index is 13.1. The fourth-order valence-electron chi connectivity index (χ4n) is 3.00. The summed E-state index contributed by atoms with van der Waals surface area (Å²) in [6, 6.07) is 18.9. The molecule has 0 saturated carbocycles. The van der Waals surface area contributed by atoms with Crippen LogP contribution in [0.25, 0.3) is 0 Å². The first-order valence-corrected chi connectivity index (χ1v) is 8.83. The highest BCUT2D eigenvalue weighted by Crippen LogP contribution is 2.20. The predicted molar refractivity (Wildman–Crippen MR) is 106 cm³/mol. The van der Waals surface area contributed by atoms with Crippen LogP contribution in [0.3, 0.4) is 0 Å². The summed E-state index contributed by atoms with van der Waals surface area (Å²) in [4.78, 5) is 24.8. The van der Waals surface area contributed by atoms with Crippen LogP contribution < -0.4 is 11.1 Å². The number of nitrogens with one attached hydrogen (secondary N) is 1. The molecule has 0 aliphatic rings. The molecule has 1 atom stereocenters. The highest BCUT2D eigenvalue weighted by molar-refractivity contribution is 5.92. The van der Waals surface area contributed by atoms with Crippen molar-refractivity contribution in [2.75, 3.05) is 0 Å². The van der Waals surface area contributed by atoms with Crippen molar-refractivity contribution in [3.05, 3.63) is 84.4 Å². The van der Waals surface area contributed by atoms with Crippen molar-refractivity contribution >= 4 is 11.9 Å². The Labute approximate surface area is 159 Å². The number of amides is 1. The summed E-state index contributed by atoms with van der Waals surface area (Å²) in [6.07, 6.45) is 2.15. The van der Waals surface area contributed by atoms with Crippen LogP contribution in [0.2, 0.25) is 0 Å².